The van der Waals surface area contributed by atoms with Crippen LogP contribution in [0.4, 0.5) is 27.5 Å². The summed E-state index contributed by atoms with van der Waals surface area (Å²) < 4.78 is 22.0. The first-order valence-electron chi connectivity index (χ1n) is 11.8. The lowest BCUT2D eigenvalue weighted by atomic mass is 10.1. The van der Waals surface area contributed by atoms with Gasteiger partial charge in [0.2, 0.25) is 5.95 Å². The predicted molar refractivity (Wildman–Crippen MR) is 141 cm³/mol. The highest BCUT2D eigenvalue weighted by molar-refractivity contribution is 7.97. The summed E-state index contributed by atoms with van der Waals surface area (Å²) in [5.74, 6) is 1.69. The molecular formula is C27H27FN6OS. The van der Waals surface area contributed by atoms with Gasteiger partial charge in [-0.1, -0.05) is 0 Å². The maximum Gasteiger partial charge on any atom is 0.229 e. The molecule has 1 unspecified atom stereocenters. The Kier molecular flexibility index (Phi) is 7.58. The van der Waals surface area contributed by atoms with Gasteiger partial charge in [-0.15, -0.1) is 0 Å². The molecule has 9 heteroatoms. The maximum atomic E-state index is 13.5. The largest absolute Gasteiger partial charge is 0.487 e. The molecule has 0 bridgehead atoms. The number of pyridine rings is 1. The van der Waals surface area contributed by atoms with Gasteiger partial charge in [-0.05, 0) is 97.9 Å². The highest BCUT2D eigenvalue weighted by Gasteiger charge is 2.22. The van der Waals surface area contributed by atoms with Gasteiger partial charge >= 0.3 is 0 Å². The molecule has 4 aromatic rings. The highest BCUT2D eigenvalue weighted by atomic mass is 32.2. The summed E-state index contributed by atoms with van der Waals surface area (Å²) in [4.78, 5) is 14.1. The molecule has 0 amide bonds. The van der Waals surface area contributed by atoms with E-state index in [1.807, 2.05) is 24.3 Å². The van der Waals surface area contributed by atoms with E-state index in [-0.39, 0.29) is 11.9 Å². The standard InChI is InChI=1S/C27H27FN6OS/c1-19-16-21(8-11-25(19)28)31-26-12-14-30-27(33-26)32-20-6-9-24(10-7-20)36-34-15-3-5-23(18-34)35-22-4-2-13-29-17-22/h2,4,6-14,16-17,23H,3,5,15,18H2,1H3,(H2,30,31,32,33). The van der Waals surface area contributed by atoms with Crippen molar-refractivity contribution in [3.63, 3.8) is 0 Å². The van der Waals surface area contributed by atoms with Crippen LogP contribution in [0.1, 0.15) is 18.4 Å². The molecule has 2 aromatic carbocycles. The minimum atomic E-state index is -0.231. The second-order valence-electron chi connectivity index (χ2n) is 8.55. The van der Waals surface area contributed by atoms with Crippen LogP contribution in [0, 0.1) is 12.7 Å². The van der Waals surface area contributed by atoms with E-state index in [4.69, 9.17) is 4.74 Å². The van der Waals surface area contributed by atoms with Gasteiger partial charge in [0.05, 0.1) is 6.20 Å². The summed E-state index contributed by atoms with van der Waals surface area (Å²) in [5.41, 5.74) is 2.24. The Morgan fingerprint density at radius 2 is 1.89 bits per heavy atom. The van der Waals surface area contributed by atoms with Crippen molar-refractivity contribution < 1.29 is 9.13 Å². The molecule has 5 rings (SSSR count). The SMILES string of the molecule is Cc1cc(Nc2ccnc(Nc3ccc(SN4CCCC(Oc5cccnc5)C4)cc3)n2)ccc1F. The van der Waals surface area contributed by atoms with E-state index >= 15 is 0 Å². The zero-order valence-electron chi connectivity index (χ0n) is 19.9. The van der Waals surface area contributed by atoms with Crippen LogP contribution >= 0.6 is 11.9 Å². The number of hydrogen-bond acceptors (Lipinski definition) is 8. The molecular weight excluding hydrogens is 475 g/mol. The van der Waals surface area contributed by atoms with Crippen molar-refractivity contribution in [3.05, 3.63) is 90.6 Å². The molecule has 1 fully saturated rings. The number of nitrogens with one attached hydrogen (secondary N) is 2. The fraction of sp³-hybridized carbons (Fsp3) is 0.222. The third-order valence-electron chi connectivity index (χ3n) is 5.71. The normalized spacial score (nSPS) is 15.9. The number of aromatic nitrogens is 3. The molecule has 3 heterocycles. The van der Waals surface area contributed by atoms with Crippen LogP contribution in [-0.4, -0.2) is 38.5 Å². The molecule has 0 aliphatic carbocycles. The summed E-state index contributed by atoms with van der Waals surface area (Å²) in [6.07, 6.45) is 7.49. The smallest absolute Gasteiger partial charge is 0.229 e. The van der Waals surface area contributed by atoms with Gasteiger partial charge in [0, 0.05) is 41.8 Å². The van der Waals surface area contributed by atoms with Crippen molar-refractivity contribution in [2.75, 3.05) is 23.7 Å². The van der Waals surface area contributed by atoms with Crippen LogP contribution < -0.4 is 15.4 Å². The quantitative estimate of drug-likeness (QED) is 0.270. The Morgan fingerprint density at radius 1 is 1.03 bits per heavy atom. The predicted octanol–water partition coefficient (Wildman–Crippen LogP) is 6.36. The number of ether oxygens (including phenoxy) is 1. The Balaban J connectivity index is 1.16. The molecule has 0 radical (unpaired) electrons. The van der Waals surface area contributed by atoms with Gasteiger partial charge in [0.1, 0.15) is 23.5 Å². The fourth-order valence-corrected chi connectivity index (χ4v) is 4.95. The van der Waals surface area contributed by atoms with Crippen LogP contribution in [0.2, 0.25) is 0 Å². The van der Waals surface area contributed by atoms with Crippen LogP contribution in [0.3, 0.4) is 0 Å². The number of nitrogens with zero attached hydrogens (tertiary/aromatic N) is 4. The number of halogens is 1. The molecule has 184 valence electrons. The zero-order valence-corrected chi connectivity index (χ0v) is 20.7. The Labute approximate surface area is 214 Å². The van der Waals surface area contributed by atoms with Crippen molar-refractivity contribution in [2.24, 2.45) is 0 Å². The van der Waals surface area contributed by atoms with E-state index in [2.05, 4.69) is 42.0 Å². The van der Waals surface area contributed by atoms with E-state index < -0.39 is 0 Å². The van der Waals surface area contributed by atoms with E-state index in [9.17, 15) is 4.39 Å². The fourth-order valence-electron chi connectivity index (χ4n) is 3.93. The minimum Gasteiger partial charge on any atom is -0.487 e. The Hall–Kier alpha value is -3.69. The maximum absolute atomic E-state index is 13.5. The molecule has 1 aliphatic rings. The summed E-state index contributed by atoms with van der Waals surface area (Å²) in [6.45, 7) is 3.62. The highest BCUT2D eigenvalue weighted by Crippen LogP contribution is 2.29. The molecule has 2 N–H and O–H groups in total. The molecule has 1 aliphatic heterocycles. The Morgan fingerprint density at radius 3 is 2.69 bits per heavy atom. The summed E-state index contributed by atoms with van der Waals surface area (Å²) in [5, 5.41) is 6.44. The van der Waals surface area contributed by atoms with Gasteiger partial charge in [-0.3, -0.25) is 4.98 Å². The van der Waals surface area contributed by atoms with Crippen molar-refractivity contribution in [1.82, 2.24) is 19.3 Å². The first kappa shape index (κ1) is 24.0. The third kappa shape index (κ3) is 6.50. The van der Waals surface area contributed by atoms with Gasteiger partial charge in [-0.2, -0.15) is 4.98 Å². The van der Waals surface area contributed by atoms with Crippen LogP contribution in [0.5, 0.6) is 5.75 Å². The van der Waals surface area contributed by atoms with E-state index in [1.54, 1.807) is 55.7 Å². The zero-order chi connectivity index (χ0) is 24.7. The minimum absolute atomic E-state index is 0.160. The second-order valence-corrected chi connectivity index (χ2v) is 9.72. The molecule has 0 saturated carbocycles. The van der Waals surface area contributed by atoms with Gasteiger partial charge in [0.25, 0.3) is 0 Å². The van der Waals surface area contributed by atoms with E-state index in [1.165, 1.54) is 6.07 Å². The molecule has 7 nitrogen and oxygen atoms in total. The summed E-state index contributed by atoms with van der Waals surface area (Å²) in [7, 11) is 0. The van der Waals surface area contributed by atoms with Crippen molar-refractivity contribution in [2.45, 2.75) is 30.8 Å². The van der Waals surface area contributed by atoms with E-state index in [0.717, 1.165) is 48.0 Å². The van der Waals surface area contributed by atoms with Crippen molar-refractivity contribution >= 4 is 35.1 Å². The van der Waals surface area contributed by atoms with Gasteiger partial charge < -0.3 is 15.4 Å². The molecule has 0 spiro atoms. The number of piperidine rings is 1. The van der Waals surface area contributed by atoms with Crippen LogP contribution in [-0.2, 0) is 0 Å². The van der Waals surface area contributed by atoms with Gasteiger partial charge in [-0.25, -0.2) is 13.7 Å². The van der Waals surface area contributed by atoms with Gasteiger partial charge in [0.15, 0.2) is 0 Å². The van der Waals surface area contributed by atoms with E-state index in [0.29, 0.717) is 17.3 Å². The van der Waals surface area contributed by atoms with Crippen molar-refractivity contribution in [3.8, 4) is 5.75 Å². The van der Waals surface area contributed by atoms with Crippen LogP contribution in [0.25, 0.3) is 0 Å². The third-order valence-corrected chi connectivity index (χ3v) is 6.78. The monoisotopic (exact) mass is 502 g/mol. The number of benzene rings is 2. The lowest BCUT2D eigenvalue weighted by Gasteiger charge is -2.31. The number of anilines is 4. The Bertz CT molecular complexity index is 1290. The number of hydrogen-bond donors (Lipinski definition) is 2. The molecule has 1 saturated heterocycles. The molecule has 1 atom stereocenters. The average molecular weight is 503 g/mol. The van der Waals surface area contributed by atoms with Crippen LogP contribution in [0.15, 0.2) is 84.1 Å². The first-order chi connectivity index (χ1) is 17.6. The van der Waals surface area contributed by atoms with Crippen molar-refractivity contribution in [1.29, 1.82) is 0 Å². The summed E-state index contributed by atoms with van der Waals surface area (Å²) in [6, 6.07) is 18.7. The number of rotatable bonds is 8. The summed E-state index contributed by atoms with van der Waals surface area (Å²) >= 11 is 1.74. The lowest BCUT2D eigenvalue weighted by Crippen LogP contribution is -2.37. The molecule has 36 heavy (non-hydrogen) atoms. The average Bonchev–Trinajstić information content (AvgIpc) is 2.89. The topological polar surface area (TPSA) is 75.2 Å². The first-order valence-corrected chi connectivity index (χ1v) is 12.6. The molecule has 2 aromatic heterocycles. The second kappa shape index (κ2) is 11.4. The number of aryl methyl sites for hydroxylation is 1. The lowest BCUT2D eigenvalue weighted by molar-refractivity contribution is 0.134.